The van der Waals surface area contributed by atoms with Gasteiger partial charge in [-0.15, -0.1) is 0 Å². The third-order valence-corrected chi connectivity index (χ3v) is 6.30. The van der Waals surface area contributed by atoms with Gasteiger partial charge in [0.2, 0.25) is 5.91 Å². The van der Waals surface area contributed by atoms with E-state index in [0.29, 0.717) is 19.4 Å². The Balaban J connectivity index is 1.60. The lowest BCUT2D eigenvalue weighted by Gasteiger charge is -2.31. The van der Waals surface area contributed by atoms with Gasteiger partial charge < -0.3 is 14.4 Å². The van der Waals surface area contributed by atoms with Gasteiger partial charge in [0.05, 0.1) is 22.7 Å². The summed E-state index contributed by atoms with van der Waals surface area (Å²) in [4.78, 5) is 29.3. The Kier molecular flexibility index (Phi) is 6.08. The number of hydrogen-bond acceptors (Lipinski definition) is 4. The molecule has 2 aromatic rings. The number of imidazole rings is 1. The van der Waals surface area contributed by atoms with Crippen molar-refractivity contribution in [2.24, 2.45) is 7.05 Å². The molecule has 0 N–H and O–H groups in total. The van der Waals surface area contributed by atoms with Crippen LogP contribution < -0.4 is 5.69 Å². The number of likely N-dealkylation sites (N-methyl/N-ethyl adjacent to an activating group) is 1. The van der Waals surface area contributed by atoms with Crippen molar-refractivity contribution in [3.8, 4) is 11.8 Å². The predicted molar refractivity (Wildman–Crippen MR) is 121 cm³/mol. The topological polar surface area (TPSA) is 59.7 Å². The molecule has 7 nitrogen and oxygen atoms in total. The van der Waals surface area contributed by atoms with Gasteiger partial charge in [-0.1, -0.05) is 24.5 Å². The fourth-order valence-electron chi connectivity index (χ4n) is 4.39. The molecule has 160 valence electrons. The Labute approximate surface area is 183 Å². The molecule has 2 saturated heterocycles. The minimum Gasteiger partial charge on any atom is -0.365 e. The predicted octanol–water partition coefficient (Wildman–Crippen LogP) is 1.56. The average Bonchev–Trinajstić information content (AvgIpc) is 3.02. The van der Waals surface area contributed by atoms with Crippen LogP contribution in [-0.4, -0.2) is 65.6 Å². The summed E-state index contributed by atoms with van der Waals surface area (Å²) in [5.41, 5.74) is 2.76. The molecule has 2 aliphatic rings. The van der Waals surface area contributed by atoms with Crippen LogP contribution in [0.3, 0.4) is 0 Å². The van der Waals surface area contributed by atoms with E-state index in [0.717, 1.165) is 48.2 Å². The van der Waals surface area contributed by atoms with Crippen LogP contribution in [0.25, 0.3) is 11.0 Å². The third kappa shape index (κ3) is 4.08. The maximum absolute atomic E-state index is 13.1. The summed E-state index contributed by atoms with van der Waals surface area (Å²) in [6, 6.07) is 5.10. The number of allylic oxidation sites excluding steroid dienone is 1. The number of carbonyl (C=O) groups is 1. The van der Waals surface area contributed by atoms with E-state index in [-0.39, 0.29) is 17.7 Å². The molecule has 0 spiro atoms. The fourth-order valence-corrected chi connectivity index (χ4v) is 4.39. The number of piperidine rings is 2. The van der Waals surface area contributed by atoms with E-state index in [9.17, 15) is 9.59 Å². The number of para-hydroxylation sites is 1. The van der Waals surface area contributed by atoms with E-state index in [1.54, 1.807) is 28.1 Å². The lowest BCUT2D eigenvalue weighted by molar-refractivity contribution is -0.133. The molecule has 1 amide bonds. The van der Waals surface area contributed by atoms with E-state index in [2.05, 4.69) is 18.4 Å². The zero-order chi connectivity index (χ0) is 22.1. The van der Waals surface area contributed by atoms with Crippen LogP contribution in [0.5, 0.6) is 0 Å². The molecule has 31 heavy (non-hydrogen) atoms. The van der Waals surface area contributed by atoms with Crippen molar-refractivity contribution in [3.05, 3.63) is 46.5 Å². The van der Waals surface area contributed by atoms with E-state index in [4.69, 9.17) is 12.7 Å². The summed E-state index contributed by atoms with van der Waals surface area (Å²) >= 11 is 0. The molecule has 2 radical (unpaired) electrons. The quantitative estimate of drug-likeness (QED) is 0.561. The SMILES string of the molecule is [B]N1CCC(OCC#Cc2cccc3c2n(C)c(=O)n3C2CCC(=C)N(C)C2=O)CC1. The lowest BCUT2D eigenvalue weighted by Crippen LogP contribution is -2.41. The first-order valence-corrected chi connectivity index (χ1v) is 10.6. The molecule has 1 aromatic carbocycles. The highest BCUT2D eigenvalue weighted by atomic mass is 16.5. The minimum absolute atomic E-state index is 0.112. The molecule has 2 fully saturated rings. The molecule has 4 rings (SSSR count). The zero-order valence-corrected chi connectivity index (χ0v) is 18.1. The number of aryl methyl sites for hydroxylation is 1. The molecule has 3 heterocycles. The Hall–Kier alpha value is -2.76. The maximum Gasteiger partial charge on any atom is 0.329 e. The van der Waals surface area contributed by atoms with Gasteiger partial charge in [0.25, 0.3) is 0 Å². The van der Waals surface area contributed by atoms with Crippen molar-refractivity contribution < 1.29 is 9.53 Å². The van der Waals surface area contributed by atoms with E-state index >= 15 is 0 Å². The molecule has 0 bridgehead atoms. The standard InChI is InChI=1S/C23H27BN4O3/c1-16-9-10-20(22(29)25(16)2)28-19-8-4-6-17(21(19)26(3)23(28)30)7-5-15-31-18-11-13-27(24)14-12-18/h4,6,8,18,20H,1,9-15H2,2-3H3. The van der Waals surface area contributed by atoms with Gasteiger partial charge in [-0.2, -0.15) is 0 Å². The normalized spacial score (nSPS) is 20.8. The van der Waals surface area contributed by atoms with Crippen molar-refractivity contribution in [1.82, 2.24) is 18.8 Å². The molecule has 1 unspecified atom stereocenters. The number of hydrogen-bond donors (Lipinski definition) is 0. The number of fused-ring (bicyclic) bond motifs is 1. The summed E-state index contributed by atoms with van der Waals surface area (Å²) in [6.45, 7) is 5.92. The Morgan fingerprint density at radius 3 is 2.68 bits per heavy atom. The number of likely N-dealkylation sites (tertiary alicyclic amines) is 1. The van der Waals surface area contributed by atoms with Crippen LogP contribution in [0, 0.1) is 11.8 Å². The number of aromatic nitrogens is 2. The third-order valence-electron chi connectivity index (χ3n) is 6.30. The summed E-state index contributed by atoms with van der Waals surface area (Å²) in [7, 11) is 9.21. The summed E-state index contributed by atoms with van der Waals surface area (Å²) < 4.78 is 9.04. The zero-order valence-electron chi connectivity index (χ0n) is 18.1. The smallest absolute Gasteiger partial charge is 0.329 e. The maximum atomic E-state index is 13.1. The van der Waals surface area contributed by atoms with Crippen LogP contribution in [0.4, 0.5) is 0 Å². The second-order valence-corrected chi connectivity index (χ2v) is 8.25. The van der Waals surface area contributed by atoms with Gasteiger partial charge in [0.1, 0.15) is 12.6 Å². The molecule has 2 aliphatic heterocycles. The van der Waals surface area contributed by atoms with Crippen molar-refractivity contribution in [2.45, 2.75) is 37.8 Å². The van der Waals surface area contributed by atoms with Crippen LogP contribution in [0.15, 0.2) is 35.3 Å². The van der Waals surface area contributed by atoms with Crippen molar-refractivity contribution in [1.29, 1.82) is 0 Å². The van der Waals surface area contributed by atoms with Gasteiger partial charge in [-0.3, -0.25) is 13.9 Å². The molecule has 1 aromatic heterocycles. The molecule has 8 heteroatoms. The number of carbonyl (C=O) groups excluding carboxylic acids is 1. The fraction of sp³-hybridized carbons (Fsp3) is 0.478. The molecular weight excluding hydrogens is 391 g/mol. The van der Waals surface area contributed by atoms with Crippen LogP contribution in [0.1, 0.15) is 37.3 Å². The number of ether oxygens (including phenoxy) is 1. The van der Waals surface area contributed by atoms with E-state index in [1.807, 2.05) is 23.0 Å². The van der Waals surface area contributed by atoms with Gasteiger partial charge >= 0.3 is 5.69 Å². The Morgan fingerprint density at radius 2 is 1.94 bits per heavy atom. The summed E-state index contributed by atoms with van der Waals surface area (Å²) in [5, 5.41) is 0. The Bertz CT molecular complexity index is 1130. The van der Waals surface area contributed by atoms with E-state index in [1.165, 1.54) is 0 Å². The lowest BCUT2D eigenvalue weighted by atomic mass is 10.0. The highest BCUT2D eigenvalue weighted by molar-refractivity contribution is 6.04. The van der Waals surface area contributed by atoms with Gasteiger partial charge in [0, 0.05) is 19.8 Å². The van der Waals surface area contributed by atoms with Gasteiger partial charge in [-0.05, 0) is 50.9 Å². The van der Waals surface area contributed by atoms with Crippen molar-refractivity contribution >= 4 is 24.9 Å². The molecule has 0 aliphatic carbocycles. The first-order valence-electron chi connectivity index (χ1n) is 10.6. The highest BCUT2D eigenvalue weighted by Gasteiger charge is 2.33. The largest absolute Gasteiger partial charge is 0.365 e. The summed E-state index contributed by atoms with van der Waals surface area (Å²) in [5.74, 6) is 6.12. The first kappa shape index (κ1) is 21.5. The number of rotatable bonds is 3. The Morgan fingerprint density at radius 1 is 1.19 bits per heavy atom. The molecular formula is C23H27BN4O3. The second-order valence-electron chi connectivity index (χ2n) is 8.25. The first-order chi connectivity index (χ1) is 14.9. The van der Waals surface area contributed by atoms with Crippen molar-refractivity contribution in [2.75, 3.05) is 26.7 Å². The van der Waals surface area contributed by atoms with Crippen LogP contribution >= 0.6 is 0 Å². The number of nitrogens with zero attached hydrogens (tertiary/aromatic N) is 4. The monoisotopic (exact) mass is 418 g/mol. The number of amides is 1. The van der Waals surface area contributed by atoms with Crippen LogP contribution in [-0.2, 0) is 16.6 Å². The average molecular weight is 418 g/mol. The van der Waals surface area contributed by atoms with Crippen molar-refractivity contribution in [3.63, 3.8) is 0 Å². The summed E-state index contributed by atoms with van der Waals surface area (Å²) in [6.07, 6.45) is 3.23. The van der Waals surface area contributed by atoms with E-state index < -0.39 is 6.04 Å². The molecule has 0 saturated carbocycles. The number of benzene rings is 1. The molecule has 1 atom stereocenters. The van der Waals surface area contributed by atoms with Gasteiger partial charge in [-0.25, -0.2) is 4.79 Å². The van der Waals surface area contributed by atoms with Crippen LogP contribution in [0.2, 0.25) is 0 Å². The van der Waals surface area contributed by atoms with Gasteiger partial charge in [0.15, 0.2) is 7.98 Å². The minimum atomic E-state index is -0.536. The second kappa shape index (κ2) is 8.78. The highest BCUT2D eigenvalue weighted by Crippen LogP contribution is 2.30.